The van der Waals surface area contributed by atoms with Crippen LogP contribution in [0.3, 0.4) is 0 Å². The summed E-state index contributed by atoms with van der Waals surface area (Å²) in [7, 11) is 4.70. The molecule has 2 N–H and O–H groups in total. The first-order valence-electron chi connectivity index (χ1n) is 9.23. The Hall–Kier alpha value is -3.15. The van der Waals surface area contributed by atoms with Crippen LogP contribution in [-0.4, -0.2) is 32.2 Å². The third kappa shape index (κ3) is 2.85. The molecule has 0 fully saturated rings. The molecule has 1 heterocycles. The third-order valence-electron chi connectivity index (χ3n) is 5.43. The van der Waals surface area contributed by atoms with Crippen LogP contribution in [0, 0.1) is 0 Å². The Morgan fingerprint density at radius 1 is 0.964 bits per heavy atom. The monoisotopic (exact) mass is 381 g/mol. The summed E-state index contributed by atoms with van der Waals surface area (Å²) in [6.45, 7) is 0. The average molecular weight is 381 g/mol. The number of phenolic OH excluding ortho intramolecular Hbond substituents is 1. The van der Waals surface area contributed by atoms with Crippen molar-refractivity contribution in [3.63, 3.8) is 0 Å². The van der Waals surface area contributed by atoms with Gasteiger partial charge in [-0.2, -0.15) is 0 Å². The van der Waals surface area contributed by atoms with Gasteiger partial charge >= 0.3 is 0 Å². The minimum absolute atomic E-state index is 0.0472. The zero-order chi connectivity index (χ0) is 19.8. The summed E-state index contributed by atoms with van der Waals surface area (Å²) in [6, 6.07) is 9.08. The molecular weight excluding hydrogens is 358 g/mol. The van der Waals surface area contributed by atoms with E-state index in [9.17, 15) is 9.90 Å². The maximum absolute atomic E-state index is 12.9. The second-order valence-corrected chi connectivity index (χ2v) is 6.95. The first kappa shape index (κ1) is 18.2. The molecular formula is C22H23NO5. The Bertz CT molecular complexity index is 979. The van der Waals surface area contributed by atoms with Crippen molar-refractivity contribution in [3.05, 3.63) is 52.7 Å². The largest absolute Gasteiger partial charge is 0.504 e. The van der Waals surface area contributed by atoms with Gasteiger partial charge in [0.1, 0.15) is 0 Å². The molecule has 28 heavy (non-hydrogen) atoms. The fraction of sp³-hybridized carbons (Fsp3) is 0.318. The second kappa shape index (κ2) is 7.11. The average Bonchev–Trinajstić information content (AvgIpc) is 2.71. The molecule has 1 unspecified atom stereocenters. The van der Waals surface area contributed by atoms with E-state index in [-0.39, 0.29) is 17.5 Å². The number of ketones is 1. The summed E-state index contributed by atoms with van der Waals surface area (Å²) >= 11 is 0. The van der Waals surface area contributed by atoms with Crippen LogP contribution in [-0.2, 0) is 4.79 Å². The summed E-state index contributed by atoms with van der Waals surface area (Å²) in [4.78, 5) is 12.9. The molecule has 1 aliphatic heterocycles. The van der Waals surface area contributed by atoms with Gasteiger partial charge in [-0.25, -0.2) is 0 Å². The van der Waals surface area contributed by atoms with Crippen molar-refractivity contribution < 1.29 is 24.1 Å². The van der Waals surface area contributed by atoms with Gasteiger partial charge in [-0.1, -0.05) is 6.07 Å². The zero-order valence-electron chi connectivity index (χ0n) is 16.2. The summed E-state index contributed by atoms with van der Waals surface area (Å²) in [5, 5.41) is 13.8. The van der Waals surface area contributed by atoms with E-state index in [0.29, 0.717) is 23.7 Å². The number of anilines is 1. The molecule has 2 aromatic rings. The van der Waals surface area contributed by atoms with E-state index in [2.05, 4.69) is 5.32 Å². The number of Topliss-reactive ketones (excluding diaryl/α,β-unsaturated/α-hetero) is 1. The summed E-state index contributed by atoms with van der Waals surface area (Å²) in [5.74, 6) is 1.50. The first-order chi connectivity index (χ1) is 13.6. The van der Waals surface area contributed by atoms with Gasteiger partial charge in [-0.15, -0.1) is 0 Å². The number of rotatable bonds is 4. The van der Waals surface area contributed by atoms with Crippen molar-refractivity contribution in [2.24, 2.45) is 0 Å². The molecule has 146 valence electrons. The van der Waals surface area contributed by atoms with E-state index >= 15 is 0 Å². The minimum atomic E-state index is -0.296. The number of carbonyl (C=O) groups is 1. The third-order valence-corrected chi connectivity index (χ3v) is 5.43. The highest BCUT2D eigenvalue weighted by Crippen LogP contribution is 2.49. The highest BCUT2D eigenvalue weighted by atomic mass is 16.5. The molecule has 0 radical (unpaired) electrons. The molecule has 0 spiro atoms. The molecule has 2 aromatic carbocycles. The zero-order valence-corrected chi connectivity index (χ0v) is 16.2. The highest BCUT2D eigenvalue weighted by Gasteiger charge is 2.36. The van der Waals surface area contributed by atoms with E-state index in [1.165, 1.54) is 7.11 Å². The van der Waals surface area contributed by atoms with Gasteiger partial charge in [0.2, 0.25) is 0 Å². The molecule has 6 heteroatoms. The fourth-order valence-corrected chi connectivity index (χ4v) is 4.12. The quantitative estimate of drug-likeness (QED) is 0.834. The van der Waals surface area contributed by atoms with Crippen molar-refractivity contribution >= 4 is 11.5 Å². The van der Waals surface area contributed by atoms with Crippen LogP contribution in [0.2, 0.25) is 0 Å². The van der Waals surface area contributed by atoms with Gasteiger partial charge in [0, 0.05) is 35.4 Å². The van der Waals surface area contributed by atoms with E-state index < -0.39 is 0 Å². The van der Waals surface area contributed by atoms with Crippen molar-refractivity contribution in [1.82, 2.24) is 0 Å². The predicted octanol–water partition coefficient (Wildman–Crippen LogP) is 3.98. The van der Waals surface area contributed by atoms with E-state index in [1.807, 2.05) is 18.2 Å². The number of aromatic hydroxyl groups is 1. The van der Waals surface area contributed by atoms with Crippen molar-refractivity contribution in [1.29, 1.82) is 0 Å². The lowest BCUT2D eigenvalue weighted by Gasteiger charge is -2.34. The molecule has 0 saturated heterocycles. The van der Waals surface area contributed by atoms with Gasteiger partial charge in [-0.3, -0.25) is 4.79 Å². The maximum Gasteiger partial charge on any atom is 0.162 e. The number of benzene rings is 2. The van der Waals surface area contributed by atoms with Gasteiger partial charge in [0.15, 0.2) is 28.8 Å². The highest BCUT2D eigenvalue weighted by molar-refractivity contribution is 6.01. The van der Waals surface area contributed by atoms with Crippen LogP contribution in [0.1, 0.15) is 36.3 Å². The summed E-state index contributed by atoms with van der Waals surface area (Å²) in [5.41, 5.74) is 4.32. The fourth-order valence-electron chi connectivity index (χ4n) is 4.12. The Kier molecular flexibility index (Phi) is 4.63. The standard InChI is InChI=1S/C22H23NO5/c1-26-18-8-7-12(9-17(18)25)21-13-10-19(27-2)20(28-3)11-15(13)23-14-5-4-6-16(24)22(14)21/h7-11,21,23,25H,4-6H2,1-3H3. The van der Waals surface area contributed by atoms with Gasteiger partial charge in [-0.05, 0) is 42.2 Å². The van der Waals surface area contributed by atoms with Crippen molar-refractivity contribution in [2.45, 2.75) is 25.2 Å². The van der Waals surface area contributed by atoms with Crippen molar-refractivity contribution in [2.75, 3.05) is 26.6 Å². The number of carbonyl (C=O) groups excluding carboxylic acids is 1. The number of allylic oxidation sites excluding steroid dienone is 2. The molecule has 4 rings (SSSR count). The van der Waals surface area contributed by atoms with Gasteiger partial charge in [0.05, 0.1) is 21.3 Å². The molecule has 0 amide bonds. The maximum atomic E-state index is 12.9. The number of ether oxygens (including phenoxy) is 3. The molecule has 0 saturated carbocycles. The summed E-state index contributed by atoms with van der Waals surface area (Å²) in [6.07, 6.45) is 2.17. The molecule has 1 aliphatic carbocycles. The van der Waals surface area contributed by atoms with E-state index in [1.54, 1.807) is 26.4 Å². The minimum Gasteiger partial charge on any atom is -0.504 e. The van der Waals surface area contributed by atoms with Crippen LogP contribution in [0.25, 0.3) is 0 Å². The second-order valence-electron chi connectivity index (χ2n) is 6.95. The number of fused-ring (bicyclic) bond motifs is 1. The predicted molar refractivity (Wildman–Crippen MR) is 106 cm³/mol. The molecule has 0 bridgehead atoms. The Balaban J connectivity index is 1.94. The Morgan fingerprint density at radius 2 is 1.68 bits per heavy atom. The van der Waals surface area contributed by atoms with E-state index in [0.717, 1.165) is 40.9 Å². The summed E-state index contributed by atoms with van der Waals surface area (Å²) < 4.78 is 16.1. The first-order valence-corrected chi connectivity index (χ1v) is 9.23. The number of phenols is 1. The van der Waals surface area contributed by atoms with Crippen molar-refractivity contribution in [3.8, 4) is 23.0 Å². The number of nitrogens with one attached hydrogen (secondary N) is 1. The number of hydrogen-bond donors (Lipinski definition) is 2. The van der Waals surface area contributed by atoms with E-state index in [4.69, 9.17) is 14.2 Å². The normalized spacial score (nSPS) is 18.1. The van der Waals surface area contributed by atoms with Crippen LogP contribution in [0.5, 0.6) is 23.0 Å². The molecule has 1 atom stereocenters. The lowest BCUT2D eigenvalue weighted by Crippen LogP contribution is -2.27. The lowest BCUT2D eigenvalue weighted by atomic mass is 9.75. The topological polar surface area (TPSA) is 77.0 Å². The Labute approximate surface area is 163 Å². The SMILES string of the molecule is COc1ccc(C2C3=C(CCCC3=O)Nc3cc(OC)c(OC)cc32)cc1O. The molecule has 2 aliphatic rings. The number of methoxy groups -OCH3 is 3. The van der Waals surface area contributed by atoms with Crippen LogP contribution in [0.15, 0.2) is 41.6 Å². The Morgan fingerprint density at radius 3 is 2.36 bits per heavy atom. The smallest absolute Gasteiger partial charge is 0.162 e. The van der Waals surface area contributed by atoms with Gasteiger partial charge < -0.3 is 24.6 Å². The van der Waals surface area contributed by atoms with Crippen LogP contribution < -0.4 is 19.5 Å². The number of hydrogen-bond acceptors (Lipinski definition) is 6. The lowest BCUT2D eigenvalue weighted by molar-refractivity contribution is -0.116. The van der Waals surface area contributed by atoms with Gasteiger partial charge in [0.25, 0.3) is 0 Å². The molecule has 0 aromatic heterocycles. The molecule has 6 nitrogen and oxygen atoms in total. The van der Waals surface area contributed by atoms with Crippen LogP contribution in [0.4, 0.5) is 5.69 Å². The van der Waals surface area contributed by atoms with Crippen LogP contribution >= 0.6 is 0 Å².